The molecule has 1 nitrogen and oxygen atoms in total. The zero-order valence-electron chi connectivity index (χ0n) is 6.06. The molecule has 0 bridgehead atoms. The van der Waals surface area contributed by atoms with Crippen molar-refractivity contribution in [3.05, 3.63) is 34.3 Å². The molecule has 0 aliphatic rings. The summed E-state index contributed by atoms with van der Waals surface area (Å²) < 4.78 is 0.931. The van der Waals surface area contributed by atoms with Gasteiger partial charge in [0.2, 0.25) is 0 Å². The lowest BCUT2D eigenvalue weighted by Crippen LogP contribution is -1.75. The largest absolute Gasteiger partial charge is 0.255 e. The Hall–Kier alpha value is -0.580. The summed E-state index contributed by atoms with van der Waals surface area (Å²) in [7, 11) is 3.29. The maximum atomic E-state index is 5.03. The fourth-order valence-corrected chi connectivity index (χ4v) is 3.21. The first kappa shape index (κ1) is 8.04. The summed E-state index contributed by atoms with van der Waals surface area (Å²) in [5.74, 6) is 0. The second-order valence-corrected chi connectivity index (χ2v) is 5.12. The van der Waals surface area contributed by atoms with Crippen LogP contribution < -0.4 is 0 Å². The van der Waals surface area contributed by atoms with E-state index in [1.54, 1.807) is 26.9 Å². The van der Waals surface area contributed by atoms with Gasteiger partial charge < -0.3 is 0 Å². The third-order valence-electron chi connectivity index (χ3n) is 1.38. The third kappa shape index (κ3) is 1.60. The van der Waals surface area contributed by atoms with E-state index < -0.39 is 0 Å². The second kappa shape index (κ2) is 3.43. The highest BCUT2D eigenvalue weighted by Crippen LogP contribution is 2.27. The topological polar surface area (TPSA) is 12.9 Å². The highest BCUT2D eigenvalue weighted by Gasteiger charge is 1.99. The molecule has 0 aromatic carbocycles. The van der Waals surface area contributed by atoms with Crippen molar-refractivity contribution in [3.8, 4) is 10.6 Å². The van der Waals surface area contributed by atoms with Crippen molar-refractivity contribution in [3.63, 3.8) is 0 Å². The Kier molecular flexibility index (Phi) is 2.30. The van der Waals surface area contributed by atoms with Crippen LogP contribution in [0.5, 0.6) is 0 Å². The number of nitrogens with zero attached hydrogens (tertiary/aromatic N) is 1. The van der Waals surface area contributed by atoms with Crippen LogP contribution in [0.25, 0.3) is 10.6 Å². The molecule has 4 heteroatoms. The predicted octanol–water partition coefficient (Wildman–Crippen LogP) is 3.60. The molecule has 0 unspecified atom stereocenters. The van der Waals surface area contributed by atoms with E-state index in [9.17, 15) is 0 Å². The smallest absolute Gasteiger partial charge is 0.102 e. The summed E-state index contributed by atoms with van der Waals surface area (Å²) in [4.78, 5) is 5.39. The standard InChI is InChI=1S/C8H5NS3/c10-8-5-7(11-12-8)6-3-1-2-4-9-6/h1-5H. The van der Waals surface area contributed by atoms with Crippen LogP contribution in [0.3, 0.4) is 0 Å². The lowest BCUT2D eigenvalue weighted by Gasteiger charge is -1.91. The molecule has 2 heterocycles. The highest BCUT2D eigenvalue weighted by atomic mass is 32.9. The molecule has 2 aromatic rings. The van der Waals surface area contributed by atoms with E-state index in [4.69, 9.17) is 12.2 Å². The molecule has 2 aromatic heterocycles. The van der Waals surface area contributed by atoms with Gasteiger partial charge in [-0.3, -0.25) is 4.98 Å². The minimum Gasteiger partial charge on any atom is -0.255 e. The maximum absolute atomic E-state index is 5.03. The zero-order chi connectivity index (χ0) is 8.39. The van der Waals surface area contributed by atoms with Crippen LogP contribution in [0.1, 0.15) is 0 Å². The van der Waals surface area contributed by atoms with Crippen LogP contribution in [0.4, 0.5) is 0 Å². The molecule has 60 valence electrons. The van der Waals surface area contributed by atoms with Gasteiger partial charge in [-0.2, -0.15) is 0 Å². The maximum Gasteiger partial charge on any atom is 0.102 e. The van der Waals surface area contributed by atoms with Crippen LogP contribution in [0.2, 0.25) is 0 Å². The first-order valence-electron chi connectivity index (χ1n) is 3.38. The van der Waals surface area contributed by atoms with Crippen molar-refractivity contribution in [1.29, 1.82) is 0 Å². The monoisotopic (exact) mass is 211 g/mol. The fraction of sp³-hybridized carbons (Fsp3) is 0. The van der Waals surface area contributed by atoms with Gasteiger partial charge in [-0.1, -0.05) is 39.0 Å². The van der Waals surface area contributed by atoms with Crippen molar-refractivity contribution in [2.45, 2.75) is 0 Å². The molecule has 0 aliphatic heterocycles. The van der Waals surface area contributed by atoms with Crippen molar-refractivity contribution in [2.75, 3.05) is 0 Å². The van der Waals surface area contributed by atoms with Gasteiger partial charge in [0.1, 0.15) is 3.82 Å². The van der Waals surface area contributed by atoms with Crippen molar-refractivity contribution >= 4 is 32.9 Å². The van der Waals surface area contributed by atoms with Gasteiger partial charge in [0.25, 0.3) is 0 Å². The number of hydrogen-bond donors (Lipinski definition) is 0. The Labute approximate surface area is 82.7 Å². The van der Waals surface area contributed by atoms with E-state index in [1.807, 2.05) is 24.3 Å². The molecule has 0 saturated heterocycles. The molecular formula is C8H5NS3. The Morgan fingerprint density at radius 1 is 1.25 bits per heavy atom. The number of hydrogen-bond acceptors (Lipinski definition) is 4. The quantitative estimate of drug-likeness (QED) is 0.528. The van der Waals surface area contributed by atoms with Crippen LogP contribution in [0.15, 0.2) is 30.5 Å². The van der Waals surface area contributed by atoms with E-state index >= 15 is 0 Å². The van der Waals surface area contributed by atoms with Gasteiger partial charge in [0.15, 0.2) is 0 Å². The summed E-state index contributed by atoms with van der Waals surface area (Å²) in [5.41, 5.74) is 1.01. The van der Waals surface area contributed by atoms with E-state index in [0.29, 0.717) is 0 Å². The average molecular weight is 211 g/mol. The number of pyridine rings is 1. The SMILES string of the molecule is S=c1cc(-c2ccccn2)ss1. The minimum atomic E-state index is 0.931. The van der Waals surface area contributed by atoms with Gasteiger partial charge in [-0.15, -0.1) is 0 Å². The summed E-state index contributed by atoms with van der Waals surface area (Å²) in [6.45, 7) is 0. The molecule has 0 aliphatic carbocycles. The van der Waals surface area contributed by atoms with Crippen molar-refractivity contribution in [1.82, 2.24) is 4.98 Å². The highest BCUT2D eigenvalue weighted by molar-refractivity contribution is 7.80. The Bertz CT molecular complexity index is 415. The summed E-state index contributed by atoms with van der Waals surface area (Å²) >= 11 is 5.03. The third-order valence-corrected chi connectivity index (χ3v) is 4.26. The van der Waals surface area contributed by atoms with E-state index in [1.165, 1.54) is 0 Å². The van der Waals surface area contributed by atoms with E-state index in [0.717, 1.165) is 14.4 Å². The number of aromatic nitrogens is 1. The van der Waals surface area contributed by atoms with Gasteiger partial charge in [-0.05, 0) is 18.2 Å². The van der Waals surface area contributed by atoms with Crippen LogP contribution in [-0.4, -0.2) is 4.98 Å². The lowest BCUT2D eigenvalue weighted by molar-refractivity contribution is 1.34. The molecule has 2 rings (SSSR count). The Balaban J connectivity index is 2.51. The summed E-state index contributed by atoms with van der Waals surface area (Å²) in [5, 5.41) is 0. The van der Waals surface area contributed by atoms with Crippen molar-refractivity contribution < 1.29 is 0 Å². The normalized spacial score (nSPS) is 10.0. The molecule has 0 radical (unpaired) electrons. The van der Waals surface area contributed by atoms with Gasteiger partial charge in [0.05, 0.1) is 10.6 Å². The van der Waals surface area contributed by atoms with E-state index in [-0.39, 0.29) is 0 Å². The fourth-order valence-electron chi connectivity index (χ4n) is 0.866. The molecule has 0 N–H and O–H groups in total. The molecule has 12 heavy (non-hydrogen) atoms. The average Bonchev–Trinajstić information content (AvgIpc) is 2.54. The predicted molar refractivity (Wildman–Crippen MR) is 56.3 cm³/mol. The van der Waals surface area contributed by atoms with Crippen LogP contribution >= 0.6 is 32.9 Å². The lowest BCUT2D eigenvalue weighted by atomic mass is 10.3. The van der Waals surface area contributed by atoms with Gasteiger partial charge in [0, 0.05) is 6.20 Å². The van der Waals surface area contributed by atoms with Gasteiger partial charge >= 0.3 is 0 Å². The van der Waals surface area contributed by atoms with Gasteiger partial charge in [-0.25, -0.2) is 0 Å². The Morgan fingerprint density at radius 3 is 2.75 bits per heavy atom. The minimum absolute atomic E-state index is 0.931. The molecule has 0 fully saturated rings. The summed E-state index contributed by atoms with van der Waals surface area (Å²) in [6.07, 6.45) is 1.79. The zero-order valence-corrected chi connectivity index (χ0v) is 8.51. The van der Waals surface area contributed by atoms with E-state index in [2.05, 4.69) is 4.98 Å². The molecule has 0 saturated carbocycles. The Morgan fingerprint density at radius 2 is 2.17 bits per heavy atom. The molecule has 0 spiro atoms. The summed E-state index contributed by atoms with van der Waals surface area (Å²) in [6, 6.07) is 7.88. The molecule has 0 atom stereocenters. The van der Waals surface area contributed by atoms with Crippen LogP contribution in [0, 0.1) is 3.82 Å². The number of rotatable bonds is 1. The molecule has 0 amide bonds. The van der Waals surface area contributed by atoms with Crippen LogP contribution in [-0.2, 0) is 0 Å². The van der Waals surface area contributed by atoms with Crippen molar-refractivity contribution in [2.24, 2.45) is 0 Å². The molecular weight excluding hydrogens is 206 g/mol. The second-order valence-electron chi connectivity index (χ2n) is 2.21. The first-order chi connectivity index (χ1) is 5.86. The first-order valence-corrected chi connectivity index (χ1v) is 5.93.